The largest absolute Gasteiger partial charge is 0.466 e. The van der Waals surface area contributed by atoms with E-state index in [2.05, 4.69) is 17.0 Å². The Balaban J connectivity index is 1.73. The smallest absolute Gasteiger partial charge is 0.313 e. The molecular formula is C18H24ClNO2. The topological polar surface area (TPSA) is 29.5 Å². The van der Waals surface area contributed by atoms with Crippen molar-refractivity contribution >= 4 is 17.6 Å². The molecule has 1 aliphatic carbocycles. The van der Waals surface area contributed by atoms with E-state index in [4.69, 9.17) is 16.3 Å². The number of piperidine rings is 1. The predicted octanol–water partition coefficient (Wildman–Crippen LogP) is 3.90. The fraction of sp³-hybridized carbons (Fsp3) is 0.611. The molecule has 2 atom stereocenters. The van der Waals surface area contributed by atoms with Gasteiger partial charge in [-0.2, -0.15) is 0 Å². The second-order valence-electron chi connectivity index (χ2n) is 6.76. The van der Waals surface area contributed by atoms with Gasteiger partial charge in [0.15, 0.2) is 0 Å². The van der Waals surface area contributed by atoms with Crippen molar-refractivity contribution < 1.29 is 9.53 Å². The standard InChI is InChI=1S/C18H24ClNO2/c1-2-22-17(21)18-9-3-4-15(10-18)12-20(13-18)11-14-5-7-16(19)8-6-14/h5-8,15H,2-4,9-13H2,1H3. The molecule has 1 aromatic carbocycles. The van der Waals surface area contributed by atoms with Gasteiger partial charge in [-0.05, 0) is 49.8 Å². The lowest BCUT2D eigenvalue weighted by Gasteiger charge is -2.48. The number of benzene rings is 1. The third-order valence-corrected chi connectivity index (χ3v) is 5.27. The van der Waals surface area contributed by atoms with Gasteiger partial charge in [0.25, 0.3) is 0 Å². The molecule has 2 unspecified atom stereocenters. The van der Waals surface area contributed by atoms with Crippen molar-refractivity contribution in [3.8, 4) is 0 Å². The van der Waals surface area contributed by atoms with Gasteiger partial charge < -0.3 is 4.74 Å². The monoisotopic (exact) mass is 321 g/mol. The third-order valence-electron chi connectivity index (χ3n) is 5.02. The van der Waals surface area contributed by atoms with E-state index in [0.717, 1.165) is 43.9 Å². The molecule has 3 nitrogen and oxygen atoms in total. The van der Waals surface area contributed by atoms with Crippen molar-refractivity contribution in [1.29, 1.82) is 0 Å². The van der Waals surface area contributed by atoms with Crippen molar-refractivity contribution in [3.05, 3.63) is 34.9 Å². The second-order valence-corrected chi connectivity index (χ2v) is 7.20. The summed E-state index contributed by atoms with van der Waals surface area (Å²) < 4.78 is 5.39. The number of nitrogens with zero attached hydrogens (tertiary/aromatic N) is 1. The Labute approximate surface area is 137 Å². The normalized spacial score (nSPS) is 28.4. The minimum Gasteiger partial charge on any atom is -0.466 e. The summed E-state index contributed by atoms with van der Waals surface area (Å²) in [4.78, 5) is 14.9. The van der Waals surface area contributed by atoms with E-state index < -0.39 is 0 Å². The molecule has 1 saturated heterocycles. The highest BCUT2D eigenvalue weighted by molar-refractivity contribution is 6.30. The van der Waals surface area contributed by atoms with Crippen LogP contribution in [0.3, 0.4) is 0 Å². The number of rotatable bonds is 4. The maximum atomic E-state index is 12.5. The number of esters is 1. The summed E-state index contributed by atoms with van der Waals surface area (Å²) in [6, 6.07) is 8.01. The van der Waals surface area contributed by atoms with E-state index in [1.807, 2.05) is 19.1 Å². The molecule has 2 fully saturated rings. The van der Waals surface area contributed by atoms with Crippen LogP contribution in [0.1, 0.15) is 38.2 Å². The van der Waals surface area contributed by atoms with Gasteiger partial charge in [-0.1, -0.05) is 30.2 Å². The molecule has 1 aromatic rings. The summed E-state index contributed by atoms with van der Waals surface area (Å²) in [5, 5.41) is 0.766. The molecule has 0 spiro atoms. The van der Waals surface area contributed by atoms with Crippen LogP contribution in [0.15, 0.2) is 24.3 Å². The van der Waals surface area contributed by atoms with Crippen LogP contribution in [0.5, 0.6) is 0 Å². The molecule has 2 bridgehead atoms. The minimum atomic E-state index is -0.274. The zero-order valence-corrected chi connectivity index (χ0v) is 13.9. The summed E-state index contributed by atoms with van der Waals surface area (Å²) in [5.74, 6) is 0.639. The lowest BCUT2D eigenvalue weighted by molar-refractivity contribution is -0.164. The van der Waals surface area contributed by atoms with Crippen molar-refractivity contribution in [2.45, 2.75) is 39.2 Å². The van der Waals surface area contributed by atoms with Crippen LogP contribution in [0.25, 0.3) is 0 Å². The first-order valence-electron chi connectivity index (χ1n) is 8.25. The summed E-state index contributed by atoms with van der Waals surface area (Å²) >= 11 is 5.96. The Morgan fingerprint density at radius 1 is 1.41 bits per heavy atom. The van der Waals surface area contributed by atoms with Crippen molar-refractivity contribution in [2.75, 3.05) is 19.7 Å². The number of halogens is 1. The molecule has 1 aliphatic heterocycles. The fourth-order valence-corrected chi connectivity index (χ4v) is 4.27. The molecule has 3 rings (SSSR count). The van der Waals surface area contributed by atoms with Crippen molar-refractivity contribution in [2.24, 2.45) is 11.3 Å². The van der Waals surface area contributed by atoms with E-state index >= 15 is 0 Å². The Hall–Kier alpha value is -1.06. The molecule has 1 heterocycles. The number of likely N-dealkylation sites (tertiary alicyclic amines) is 1. The zero-order valence-electron chi connectivity index (χ0n) is 13.2. The highest BCUT2D eigenvalue weighted by Crippen LogP contribution is 2.45. The van der Waals surface area contributed by atoms with Crippen LogP contribution >= 0.6 is 11.6 Å². The summed E-state index contributed by atoms with van der Waals surface area (Å²) in [6.45, 7) is 5.16. The van der Waals surface area contributed by atoms with Gasteiger partial charge in [-0.3, -0.25) is 9.69 Å². The number of carbonyl (C=O) groups is 1. The molecular weight excluding hydrogens is 298 g/mol. The van der Waals surface area contributed by atoms with E-state index in [1.54, 1.807) is 0 Å². The van der Waals surface area contributed by atoms with Crippen molar-refractivity contribution in [1.82, 2.24) is 4.90 Å². The molecule has 22 heavy (non-hydrogen) atoms. The molecule has 4 heteroatoms. The Morgan fingerprint density at radius 3 is 2.91 bits per heavy atom. The van der Waals surface area contributed by atoms with Gasteiger partial charge in [0.05, 0.1) is 12.0 Å². The first kappa shape index (κ1) is 15.8. The van der Waals surface area contributed by atoms with Gasteiger partial charge >= 0.3 is 5.97 Å². The maximum Gasteiger partial charge on any atom is 0.313 e. The van der Waals surface area contributed by atoms with E-state index in [-0.39, 0.29) is 11.4 Å². The summed E-state index contributed by atoms with van der Waals surface area (Å²) in [5.41, 5.74) is 0.979. The maximum absolute atomic E-state index is 12.5. The number of hydrogen-bond donors (Lipinski definition) is 0. The van der Waals surface area contributed by atoms with E-state index in [1.165, 1.54) is 12.0 Å². The minimum absolute atomic E-state index is 0.0144. The summed E-state index contributed by atoms with van der Waals surface area (Å²) in [6.07, 6.45) is 4.36. The van der Waals surface area contributed by atoms with Gasteiger partial charge in [-0.15, -0.1) is 0 Å². The number of ether oxygens (including phenoxy) is 1. The Morgan fingerprint density at radius 2 is 2.18 bits per heavy atom. The van der Waals surface area contributed by atoms with E-state index in [9.17, 15) is 4.79 Å². The average molecular weight is 322 g/mol. The van der Waals surface area contributed by atoms with Gasteiger partial charge in [0, 0.05) is 24.7 Å². The highest BCUT2D eigenvalue weighted by Gasteiger charge is 2.48. The average Bonchev–Trinajstić information content (AvgIpc) is 2.49. The molecule has 0 N–H and O–H groups in total. The zero-order chi connectivity index (χ0) is 15.6. The van der Waals surface area contributed by atoms with E-state index in [0.29, 0.717) is 12.5 Å². The summed E-state index contributed by atoms with van der Waals surface area (Å²) in [7, 11) is 0. The molecule has 0 amide bonds. The Bertz CT molecular complexity index is 530. The van der Waals surface area contributed by atoms with Crippen LogP contribution < -0.4 is 0 Å². The quantitative estimate of drug-likeness (QED) is 0.788. The first-order valence-corrected chi connectivity index (χ1v) is 8.63. The van der Waals surface area contributed by atoms with Crippen LogP contribution in [0.2, 0.25) is 5.02 Å². The number of hydrogen-bond acceptors (Lipinski definition) is 3. The lowest BCUT2D eigenvalue weighted by atomic mass is 9.66. The van der Waals surface area contributed by atoms with Crippen molar-refractivity contribution in [3.63, 3.8) is 0 Å². The Kier molecular flexibility index (Phi) is 4.74. The molecule has 0 radical (unpaired) electrons. The van der Waals surface area contributed by atoms with Crippen LogP contribution in [-0.2, 0) is 16.1 Å². The molecule has 2 aliphatic rings. The molecule has 0 aromatic heterocycles. The first-order chi connectivity index (χ1) is 10.6. The van der Waals surface area contributed by atoms with Gasteiger partial charge in [0.2, 0.25) is 0 Å². The van der Waals surface area contributed by atoms with Crippen LogP contribution in [0, 0.1) is 11.3 Å². The van der Waals surface area contributed by atoms with Crippen LogP contribution in [0.4, 0.5) is 0 Å². The molecule has 120 valence electrons. The SMILES string of the molecule is CCOC(=O)C12CCCC(CN(Cc3ccc(Cl)cc3)C1)C2. The number of carbonyl (C=O) groups excluding carboxylic acids is 1. The van der Waals surface area contributed by atoms with Crippen LogP contribution in [-0.4, -0.2) is 30.6 Å². The third kappa shape index (κ3) is 3.31. The fourth-order valence-electron chi connectivity index (χ4n) is 4.15. The predicted molar refractivity (Wildman–Crippen MR) is 87.8 cm³/mol. The second kappa shape index (κ2) is 6.59. The van der Waals surface area contributed by atoms with Gasteiger partial charge in [0.1, 0.15) is 0 Å². The van der Waals surface area contributed by atoms with Gasteiger partial charge in [-0.25, -0.2) is 0 Å². The molecule has 1 saturated carbocycles. The lowest BCUT2D eigenvalue weighted by Crippen LogP contribution is -2.53. The number of fused-ring (bicyclic) bond motifs is 2. The highest BCUT2D eigenvalue weighted by atomic mass is 35.5.